The van der Waals surface area contributed by atoms with Crippen molar-refractivity contribution in [3.05, 3.63) is 69.8 Å². The van der Waals surface area contributed by atoms with E-state index in [1.54, 1.807) is 24.1 Å². The number of benzene rings is 2. The molecule has 6 heteroatoms. The lowest BCUT2D eigenvalue weighted by Gasteiger charge is -2.18. The van der Waals surface area contributed by atoms with Crippen molar-refractivity contribution >= 4 is 17.3 Å². The molecule has 6 nitrogen and oxygen atoms in total. The van der Waals surface area contributed by atoms with Crippen molar-refractivity contribution in [1.82, 2.24) is 4.90 Å². The van der Waals surface area contributed by atoms with Crippen molar-refractivity contribution in [3.63, 3.8) is 0 Å². The zero-order valence-electron chi connectivity index (χ0n) is 13.2. The van der Waals surface area contributed by atoms with Crippen molar-refractivity contribution in [3.8, 4) is 0 Å². The highest BCUT2D eigenvalue weighted by Crippen LogP contribution is 2.16. The van der Waals surface area contributed by atoms with Gasteiger partial charge in [-0.2, -0.15) is 0 Å². The zero-order valence-corrected chi connectivity index (χ0v) is 13.2. The van der Waals surface area contributed by atoms with Gasteiger partial charge < -0.3 is 10.2 Å². The minimum atomic E-state index is -0.462. The molecule has 0 fully saturated rings. The normalized spacial score (nSPS) is 10.2. The van der Waals surface area contributed by atoms with Gasteiger partial charge in [-0.15, -0.1) is 0 Å². The Bertz CT molecular complexity index is 698. The number of rotatable bonds is 6. The van der Waals surface area contributed by atoms with Gasteiger partial charge in [-0.3, -0.25) is 14.9 Å². The Morgan fingerprint density at radius 1 is 1.22 bits per heavy atom. The summed E-state index contributed by atoms with van der Waals surface area (Å²) in [5.41, 5.74) is 2.78. The lowest BCUT2D eigenvalue weighted by Crippen LogP contribution is -2.31. The maximum Gasteiger partial charge on any atom is 0.271 e. The second kappa shape index (κ2) is 7.40. The van der Waals surface area contributed by atoms with E-state index in [0.29, 0.717) is 12.2 Å². The average Bonchev–Trinajstić information content (AvgIpc) is 2.55. The van der Waals surface area contributed by atoms with Crippen LogP contribution in [0.3, 0.4) is 0 Å². The number of anilines is 1. The lowest BCUT2D eigenvalue weighted by molar-refractivity contribution is -0.384. The second-order valence-corrected chi connectivity index (χ2v) is 5.40. The van der Waals surface area contributed by atoms with Gasteiger partial charge in [0.1, 0.15) is 0 Å². The van der Waals surface area contributed by atoms with Crippen LogP contribution in [0.4, 0.5) is 11.4 Å². The molecule has 1 N–H and O–H groups in total. The smallest absolute Gasteiger partial charge is 0.271 e. The number of nitro benzene ring substituents is 1. The van der Waals surface area contributed by atoms with Crippen LogP contribution in [-0.4, -0.2) is 29.3 Å². The Balaban J connectivity index is 1.90. The van der Waals surface area contributed by atoms with Crippen LogP contribution in [-0.2, 0) is 11.3 Å². The van der Waals surface area contributed by atoms with E-state index in [2.05, 4.69) is 5.32 Å². The van der Waals surface area contributed by atoms with Gasteiger partial charge >= 0.3 is 0 Å². The summed E-state index contributed by atoms with van der Waals surface area (Å²) < 4.78 is 0. The van der Waals surface area contributed by atoms with Crippen LogP contribution >= 0.6 is 0 Å². The summed E-state index contributed by atoms with van der Waals surface area (Å²) in [6, 6.07) is 14.1. The molecule has 2 rings (SSSR count). The molecule has 2 aromatic rings. The van der Waals surface area contributed by atoms with Crippen molar-refractivity contribution in [2.45, 2.75) is 13.5 Å². The summed E-state index contributed by atoms with van der Waals surface area (Å²) in [6.07, 6.45) is 0. The van der Waals surface area contributed by atoms with Crippen molar-refractivity contribution < 1.29 is 9.72 Å². The molecule has 0 aliphatic heterocycles. The Labute approximate surface area is 134 Å². The van der Waals surface area contributed by atoms with Crippen molar-refractivity contribution in [2.75, 3.05) is 18.9 Å². The highest BCUT2D eigenvalue weighted by Gasteiger charge is 2.10. The summed E-state index contributed by atoms with van der Waals surface area (Å²) >= 11 is 0. The molecule has 1 amide bonds. The molecule has 0 bridgehead atoms. The third-order valence-electron chi connectivity index (χ3n) is 3.47. The first kappa shape index (κ1) is 16.5. The highest BCUT2D eigenvalue weighted by molar-refractivity contribution is 5.80. The van der Waals surface area contributed by atoms with Crippen molar-refractivity contribution in [1.29, 1.82) is 0 Å². The molecule has 0 spiro atoms. The number of nitrogens with one attached hydrogen (secondary N) is 1. The summed E-state index contributed by atoms with van der Waals surface area (Å²) in [7, 11) is 1.73. The van der Waals surface area contributed by atoms with Gasteiger partial charge in [-0.05, 0) is 18.6 Å². The molecule has 0 saturated heterocycles. The number of nitro groups is 1. The molecule has 0 aliphatic carbocycles. The van der Waals surface area contributed by atoms with E-state index in [4.69, 9.17) is 0 Å². The van der Waals surface area contributed by atoms with Crippen LogP contribution in [0.2, 0.25) is 0 Å². The van der Waals surface area contributed by atoms with Gasteiger partial charge in [-0.1, -0.05) is 35.9 Å². The standard InChI is InChI=1S/C17H19N3O3/c1-13-6-8-14(9-7-13)12-19(2)17(21)11-18-15-4-3-5-16(10-15)20(22)23/h3-10,18H,11-12H2,1-2H3. The van der Waals surface area contributed by atoms with E-state index in [-0.39, 0.29) is 18.1 Å². The predicted molar refractivity (Wildman–Crippen MR) is 89.2 cm³/mol. The minimum Gasteiger partial charge on any atom is -0.376 e. The Morgan fingerprint density at radius 3 is 2.57 bits per heavy atom. The molecular weight excluding hydrogens is 294 g/mol. The number of carbonyl (C=O) groups is 1. The molecule has 0 aromatic heterocycles. The summed E-state index contributed by atoms with van der Waals surface area (Å²) in [5, 5.41) is 13.6. The lowest BCUT2D eigenvalue weighted by atomic mass is 10.1. The van der Waals surface area contributed by atoms with Crippen LogP contribution in [0.25, 0.3) is 0 Å². The minimum absolute atomic E-state index is 0.00420. The van der Waals surface area contributed by atoms with Crippen molar-refractivity contribution in [2.24, 2.45) is 0 Å². The maximum atomic E-state index is 12.1. The first-order valence-corrected chi connectivity index (χ1v) is 7.23. The summed E-state index contributed by atoms with van der Waals surface area (Å²) in [5.74, 6) is -0.0860. The van der Waals surface area contributed by atoms with E-state index < -0.39 is 4.92 Å². The molecule has 0 atom stereocenters. The molecule has 120 valence electrons. The van der Waals surface area contributed by atoms with Crippen LogP contribution in [0, 0.1) is 17.0 Å². The second-order valence-electron chi connectivity index (χ2n) is 5.40. The van der Waals surface area contributed by atoms with E-state index >= 15 is 0 Å². The van der Waals surface area contributed by atoms with Gasteiger partial charge in [0, 0.05) is 31.4 Å². The van der Waals surface area contributed by atoms with Crippen LogP contribution in [0.1, 0.15) is 11.1 Å². The number of aryl methyl sites for hydroxylation is 1. The SMILES string of the molecule is Cc1ccc(CN(C)C(=O)CNc2cccc([N+](=O)[O-])c2)cc1. The number of hydrogen-bond donors (Lipinski definition) is 1. The number of non-ortho nitro benzene ring substituents is 1. The predicted octanol–water partition coefficient (Wildman–Crippen LogP) is 2.97. The molecule has 0 aliphatic rings. The van der Waals surface area contributed by atoms with E-state index in [1.165, 1.54) is 17.7 Å². The number of nitrogens with zero attached hydrogens (tertiary/aromatic N) is 2. The highest BCUT2D eigenvalue weighted by atomic mass is 16.6. The topological polar surface area (TPSA) is 75.5 Å². The Kier molecular flexibility index (Phi) is 5.30. The first-order valence-electron chi connectivity index (χ1n) is 7.23. The van der Waals surface area contributed by atoms with E-state index in [9.17, 15) is 14.9 Å². The fourth-order valence-electron chi connectivity index (χ4n) is 2.10. The first-order chi connectivity index (χ1) is 11.0. The molecule has 0 radical (unpaired) electrons. The van der Waals surface area contributed by atoms with E-state index in [1.807, 2.05) is 31.2 Å². The third kappa shape index (κ3) is 4.81. The van der Waals surface area contributed by atoms with Crippen LogP contribution in [0.5, 0.6) is 0 Å². The quantitative estimate of drug-likeness (QED) is 0.657. The zero-order chi connectivity index (χ0) is 16.8. The van der Waals surface area contributed by atoms with Gasteiger partial charge in [-0.25, -0.2) is 0 Å². The van der Waals surface area contributed by atoms with Crippen LogP contribution < -0.4 is 5.32 Å². The third-order valence-corrected chi connectivity index (χ3v) is 3.47. The number of carbonyl (C=O) groups excluding carboxylic acids is 1. The fourth-order valence-corrected chi connectivity index (χ4v) is 2.10. The molecule has 2 aromatic carbocycles. The molecular formula is C17H19N3O3. The Hall–Kier alpha value is -2.89. The maximum absolute atomic E-state index is 12.1. The molecule has 0 heterocycles. The van der Waals surface area contributed by atoms with E-state index in [0.717, 1.165) is 5.56 Å². The number of hydrogen-bond acceptors (Lipinski definition) is 4. The largest absolute Gasteiger partial charge is 0.376 e. The molecule has 23 heavy (non-hydrogen) atoms. The number of likely N-dealkylation sites (N-methyl/N-ethyl adjacent to an activating group) is 1. The number of amides is 1. The van der Waals surface area contributed by atoms with Gasteiger partial charge in [0.05, 0.1) is 11.5 Å². The average molecular weight is 313 g/mol. The fraction of sp³-hybridized carbons (Fsp3) is 0.235. The molecule has 0 saturated carbocycles. The Morgan fingerprint density at radius 2 is 1.91 bits per heavy atom. The monoisotopic (exact) mass is 313 g/mol. The van der Waals surface area contributed by atoms with Gasteiger partial charge in [0.2, 0.25) is 5.91 Å². The summed E-state index contributed by atoms with van der Waals surface area (Å²) in [6.45, 7) is 2.63. The summed E-state index contributed by atoms with van der Waals surface area (Å²) in [4.78, 5) is 24.0. The van der Waals surface area contributed by atoms with Gasteiger partial charge in [0.15, 0.2) is 0 Å². The van der Waals surface area contributed by atoms with Gasteiger partial charge in [0.25, 0.3) is 5.69 Å². The molecule has 0 unspecified atom stereocenters. The van der Waals surface area contributed by atoms with Crippen LogP contribution in [0.15, 0.2) is 48.5 Å².